The van der Waals surface area contributed by atoms with Gasteiger partial charge in [0.2, 0.25) is 0 Å². The summed E-state index contributed by atoms with van der Waals surface area (Å²) in [5.74, 6) is 0.121. The van der Waals surface area contributed by atoms with Gasteiger partial charge in [0.1, 0.15) is 12.2 Å². The van der Waals surface area contributed by atoms with E-state index < -0.39 is 8.32 Å². The number of carbonyl (C=O) groups is 1. The van der Waals surface area contributed by atoms with Gasteiger partial charge in [-0.2, -0.15) is 0 Å². The minimum atomic E-state index is -2.02. The second-order valence-corrected chi connectivity index (χ2v) is 15.5. The lowest BCUT2D eigenvalue weighted by molar-refractivity contribution is -0.149. The fourth-order valence-corrected chi connectivity index (χ4v) is 4.86. The van der Waals surface area contributed by atoms with E-state index in [0.29, 0.717) is 6.42 Å². The molecule has 0 radical (unpaired) electrons. The van der Waals surface area contributed by atoms with Crippen LogP contribution in [0.3, 0.4) is 0 Å². The molecule has 4 nitrogen and oxygen atoms in total. The van der Waals surface area contributed by atoms with Gasteiger partial charge in [-0.1, -0.05) is 59.8 Å². The highest BCUT2D eigenvalue weighted by atomic mass is 28.4. The number of hydrogen-bond acceptors (Lipinski definition) is 4. The first-order valence-corrected chi connectivity index (χ1v) is 14.9. The zero-order valence-corrected chi connectivity index (χ0v) is 23.5. The van der Waals surface area contributed by atoms with Crippen LogP contribution in [0.2, 0.25) is 18.1 Å². The van der Waals surface area contributed by atoms with Crippen LogP contribution in [-0.2, 0) is 18.7 Å². The van der Waals surface area contributed by atoms with Crippen LogP contribution < -0.4 is 0 Å². The smallest absolute Gasteiger partial charge is 0.306 e. The first-order chi connectivity index (χ1) is 14.7. The number of unbranched alkanes of at least 4 members (excludes halogenated alkanes) is 2. The highest BCUT2D eigenvalue weighted by Crippen LogP contribution is 2.39. The van der Waals surface area contributed by atoms with Crippen LogP contribution in [0.1, 0.15) is 74.1 Å². The molecule has 0 aromatic carbocycles. The van der Waals surface area contributed by atoms with Crippen LogP contribution in [-0.4, -0.2) is 39.7 Å². The number of ether oxygens (including phenoxy) is 2. The minimum absolute atomic E-state index is 0.0691. The van der Waals surface area contributed by atoms with Gasteiger partial charge in [0.15, 0.2) is 8.32 Å². The Balaban J connectivity index is 5.61. The van der Waals surface area contributed by atoms with Crippen molar-refractivity contribution in [3.05, 3.63) is 37.0 Å². The van der Waals surface area contributed by atoms with Crippen molar-refractivity contribution in [2.24, 2.45) is 11.8 Å². The average Bonchev–Trinajstić information content (AvgIpc) is 2.68. The van der Waals surface area contributed by atoms with E-state index in [1.54, 1.807) is 7.11 Å². The highest BCUT2D eigenvalue weighted by Gasteiger charge is 2.41. The molecule has 0 fully saturated rings. The summed E-state index contributed by atoms with van der Waals surface area (Å²) in [6, 6.07) is 0. The topological polar surface area (TPSA) is 44.8 Å². The Morgan fingerprint density at radius 3 is 2.12 bits per heavy atom. The Morgan fingerprint density at radius 2 is 1.69 bits per heavy atom. The molecule has 0 heterocycles. The molecule has 4 atom stereocenters. The van der Waals surface area contributed by atoms with Crippen molar-refractivity contribution in [2.75, 3.05) is 7.11 Å². The molecule has 0 saturated carbocycles. The van der Waals surface area contributed by atoms with Gasteiger partial charge in [-0.3, -0.25) is 4.79 Å². The molecule has 0 aromatic heterocycles. The summed E-state index contributed by atoms with van der Waals surface area (Å²) in [6.07, 6.45) is 8.43. The second-order valence-electron chi connectivity index (χ2n) is 10.7. The molecule has 0 spiro atoms. The fraction of sp³-hybridized carbons (Fsp3) is 0.741. The largest absolute Gasteiger partial charge is 0.458 e. The van der Waals surface area contributed by atoms with Crippen molar-refractivity contribution < 1.29 is 18.7 Å². The van der Waals surface area contributed by atoms with E-state index in [2.05, 4.69) is 73.9 Å². The molecule has 0 aliphatic heterocycles. The number of methoxy groups -OCH3 is 1. The third-order valence-corrected chi connectivity index (χ3v) is 10.9. The first-order valence-electron chi connectivity index (χ1n) is 12.0. The Morgan fingerprint density at radius 1 is 1.09 bits per heavy atom. The summed E-state index contributed by atoms with van der Waals surface area (Å²) in [5.41, 5.74) is 1.05. The van der Waals surface area contributed by atoms with E-state index in [0.717, 1.165) is 24.8 Å². The maximum Gasteiger partial charge on any atom is 0.306 e. The number of hydrogen-bond donors (Lipinski definition) is 0. The number of allylic oxidation sites excluding steroid dienone is 1. The molecule has 0 amide bonds. The van der Waals surface area contributed by atoms with E-state index >= 15 is 0 Å². The van der Waals surface area contributed by atoms with E-state index in [-0.39, 0.29) is 41.2 Å². The van der Waals surface area contributed by atoms with Crippen LogP contribution in [0.25, 0.3) is 0 Å². The molecule has 0 N–H and O–H groups in total. The summed E-state index contributed by atoms with van der Waals surface area (Å²) in [6.45, 7) is 27.3. The molecular formula is C27H50O4Si. The van der Waals surface area contributed by atoms with Crippen molar-refractivity contribution in [2.45, 2.75) is 111 Å². The SMILES string of the molecule is C=CCCCCC(=O)O[C@H](/C(C)=C\[C@@H](C)[C@H](O[Si](C)(C)C(C)(C)C)[C@H](C=C)OC)C(C)C. The first kappa shape index (κ1) is 30.8. The van der Waals surface area contributed by atoms with Crippen LogP contribution in [0.4, 0.5) is 0 Å². The monoisotopic (exact) mass is 466 g/mol. The normalized spacial score (nSPS) is 16.9. The van der Waals surface area contributed by atoms with Crippen molar-refractivity contribution in [1.29, 1.82) is 0 Å². The van der Waals surface area contributed by atoms with Gasteiger partial charge in [0, 0.05) is 19.4 Å². The summed E-state index contributed by atoms with van der Waals surface area (Å²) < 4.78 is 18.4. The molecular weight excluding hydrogens is 416 g/mol. The van der Waals surface area contributed by atoms with Crippen molar-refractivity contribution in [1.82, 2.24) is 0 Å². The van der Waals surface area contributed by atoms with Gasteiger partial charge in [0.05, 0.1) is 6.10 Å². The lowest BCUT2D eigenvalue weighted by atomic mass is 9.92. The standard InChI is InChI=1S/C27H50O4Si/c1-13-15-16-17-18-24(28)30-25(20(3)4)21(5)19-22(6)26(23(14-2)29-10)31-32(11,12)27(7,8)9/h13-14,19-20,22-23,25-26H,1-2,15-18H2,3-12H3/b21-19-/t22-,23+,25+,26+/m1/s1. The summed E-state index contributed by atoms with van der Waals surface area (Å²) in [5, 5.41) is 0.0881. The lowest BCUT2D eigenvalue weighted by Crippen LogP contribution is -2.49. The number of carbonyl (C=O) groups excluding carboxylic acids is 1. The summed E-state index contributed by atoms with van der Waals surface area (Å²) >= 11 is 0. The third kappa shape index (κ3) is 10.2. The van der Waals surface area contributed by atoms with Gasteiger partial charge >= 0.3 is 5.97 Å². The quantitative estimate of drug-likeness (QED) is 0.109. The zero-order valence-electron chi connectivity index (χ0n) is 22.5. The predicted molar refractivity (Wildman–Crippen MR) is 139 cm³/mol. The molecule has 32 heavy (non-hydrogen) atoms. The van der Waals surface area contributed by atoms with Crippen LogP contribution in [0.5, 0.6) is 0 Å². The Bertz CT molecular complexity index is 616. The van der Waals surface area contributed by atoms with Gasteiger partial charge in [-0.05, 0) is 55.8 Å². The number of rotatable bonds is 15. The van der Waals surface area contributed by atoms with E-state index in [1.807, 2.05) is 19.1 Å². The highest BCUT2D eigenvalue weighted by molar-refractivity contribution is 6.74. The van der Waals surface area contributed by atoms with E-state index in [1.165, 1.54) is 0 Å². The van der Waals surface area contributed by atoms with E-state index in [9.17, 15) is 4.79 Å². The lowest BCUT2D eigenvalue weighted by Gasteiger charge is -2.42. The van der Waals surface area contributed by atoms with Crippen LogP contribution in [0.15, 0.2) is 37.0 Å². The van der Waals surface area contributed by atoms with Crippen molar-refractivity contribution in [3.63, 3.8) is 0 Å². The van der Waals surface area contributed by atoms with E-state index in [4.69, 9.17) is 13.9 Å². The summed E-state index contributed by atoms with van der Waals surface area (Å²) in [7, 11) is -0.326. The minimum Gasteiger partial charge on any atom is -0.458 e. The summed E-state index contributed by atoms with van der Waals surface area (Å²) in [4.78, 5) is 12.4. The zero-order chi connectivity index (χ0) is 25.1. The molecule has 0 aromatic rings. The Labute approximate surface area is 199 Å². The molecule has 5 heteroatoms. The molecule has 0 aliphatic rings. The van der Waals surface area contributed by atoms with Crippen molar-refractivity contribution >= 4 is 14.3 Å². The van der Waals surface area contributed by atoms with Crippen molar-refractivity contribution in [3.8, 4) is 0 Å². The molecule has 0 aliphatic carbocycles. The maximum atomic E-state index is 12.4. The Hall–Kier alpha value is -1.17. The third-order valence-electron chi connectivity index (χ3n) is 6.46. The van der Waals surface area contributed by atoms with Gasteiger partial charge in [-0.15, -0.1) is 13.2 Å². The van der Waals surface area contributed by atoms with Gasteiger partial charge in [0.25, 0.3) is 0 Å². The average molecular weight is 467 g/mol. The van der Waals surface area contributed by atoms with Crippen LogP contribution in [0, 0.1) is 11.8 Å². The Kier molecular flexibility index (Phi) is 13.6. The predicted octanol–water partition coefficient (Wildman–Crippen LogP) is 7.47. The fourth-order valence-electron chi connectivity index (χ4n) is 3.47. The molecule has 0 unspecified atom stereocenters. The second kappa shape index (κ2) is 14.2. The molecule has 0 bridgehead atoms. The molecule has 0 rings (SSSR count). The van der Waals surface area contributed by atoms with Gasteiger partial charge in [-0.25, -0.2) is 0 Å². The maximum absolute atomic E-state index is 12.4. The number of esters is 1. The molecule has 186 valence electrons. The van der Waals surface area contributed by atoms with Crippen LogP contribution >= 0.6 is 0 Å². The van der Waals surface area contributed by atoms with Gasteiger partial charge < -0.3 is 13.9 Å². The molecule has 0 saturated heterocycles.